The lowest BCUT2D eigenvalue weighted by atomic mass is 10.0. The SMILES string of the molecule is Cc1ccc(C)c(S(=O)(=O)N2CC(C)(O)C2)c1N. The van der Waals surface area contributed by atoms with E-state index in [9.17, 15) is 13.5 Å². The Morgan fingerprint density at radius 2 is 1.78 bits per heavy atom. The topological polar surface area (TPSA) is 83.6 Å². The Morgan fingerprint density at radius 1 is 1.28 bits per heavy atom. The van der Waals surface area contributed by atoms with E-state index in [1.807, 2.05) is 0 Å². The molecule has 0 bridgehead atoms. The van der Waals surface area contributed by atoms with Gasteiger partial charge in [0.1, 0.15) is 4.90 Å². The molecule has 1 saturated heterocycles. The Balaban J connectivity index is 2.47. The van der Waals surface area contributed by atoms with Crippen LogP contribution in [0.4, 0.5) is 5.69 Å². The van der Waals surface area contributed by atoms with Crippen LogP contribution in [0.2, 0.25) is 0 Å². The van der Waals surface area contributed by atoms with Gasteiger partial charge in [0.15, 0.2) is 0 Å². The van der Waals surface area contributed by atoms with Gasteiger partial charge < -0.3 is 10.8 Å². The number of nitrogens with zero attached hydrogens (tertiary/aromatic N) is 1. The average molecular weight is 270 g/mol. The molecule has 0 aromatic heterocycles. The maximum atomic E-state index is 12.4. The fourth-order valence-corrected chi connectivity index (χ4v) is 4.23. The van der Waals surface area contributed by atoms with Gasteiger partial charge in [-0.3, -0.25) is 0 Å². The van der Waals surface area contributed by atoms with E-state index in [0.29, 0.717) is 11.3 Å². The highest BCUT2D eigenvalue weighted by Gasteiger charge is 2.44. The van der Waals surface area contributed by atoms with Gasteiger partial charge >= 0.3 is 0 Å². The quantitative estimate of drug-likeness (QED) is 0.773. The van der Waals surface area contributed by atoms with Gasteiger partial charge in [-0.05, 0) is 31.9 Å². The summed E-state index contributed by atoms with van der Waals surface area (Å²) in [6.45, 7) is 5.34. The minimum Gasteiger partial charge on any atom is -0.397 e. The van der Waals surface area contributed by atoms with Crippen LogP contribution >= 0.6 is 0 Å². The number of nitrogen functional groups attached to an aromatic ring is 1. The second kappa shape index (κ2) is 3.94. The molecule has 1 fully saturated rings. The maximum Gasteiger partial charge on any atom is 0.245 e. The number of β-amino-alcohol motifs (C(OH)–C–C–N with tert-alkyl or cyclic N) is 1. The zero-order chi connectivity index (χ0) is 13.7. The Hall–Kier alpha value is -1.11. The molecule has 1 aliphatic heterocycles. The lowest BCUT2D eigenvalue weighted by Gasteiger charge is -2.43. The van der Waals surface area contributed by atoms with Crippen LogP contribution in [0.3, 0.4) is 0 Å². The smallest absolute Gasteiger partial charge is 0.245 e. The van der Waals surface area contributed by atoms with Crippen molar-refractivity contribution < 1.29 is 13.5 Å². The minimum absolute atomic E-state index is 0.113. The molecule has 100 valence electrons. The molecule has 0 unspecified atom stereocenters. The third kappa shape index (κ3) is 2.00. The number of nitrogens with two attached hydrogens (primary N) is 1. The summed E-state index contributed by atoms with van der Waals surface area (Å²) < 4.78 is 26.1. The van der Waals surface area contributed by atoms with Gasteiger partial charge in [-0.15, -0.1) is 0 Å². The first-order chi connectivity index (χ1) is 8.15. The van der Waals surface area contributed by atoms with Crippen molar-refractivity contribution in [1.82, 2.24) is 4.31 Å². The highest BCUT2D eigenvalue weighted by Crippen LogP contribution is 2.33. The van der Waals surface area contributed by atoms with Crippen molar-refractivity contribution in [3.63, 3.8) is 0 Å². The minimum atomic E-state index is -3.61. The molecule has 3 N–H and O–H groups in total. The second-order valence-corrected chi connectivity index (χ2v) is 7.09. The molecule has 2 rings (SSSR count). The third-order valence-corrected chi connectivity index (χ3v) is 5.24. The summed E-state index contributed by atoms with van der Waals surface area (Å²) in [5, 5.41) is 9.65. The zero-order valence-electron chi connectivity index (χ0n) is 10.8. The first kappa shape index (κ1) is 13.3. The molecular weight excluding hydrogens is 252 g/mol. The summed E-state index contributed by atoms with van der Waals surface area (Å²) in [7, 11) is -3.61. The van der Waals surface area contributed by atoms with Crippen LogP contribution in [0.25, 0.3) is 0 Å². The number of anilines is 1. The Bertz CT molecular complexity index is 586. The molecule has 18 heavy (non-hydrogen) atoms. The van der Waals surface area contributed by atoms with Crippen LogP contribution in [-0.2, 0) is 10.0 Å². The number of sulfonamides is 1. The molecule has 0 atom stereocenters. The fraction of sp³-hybridized carbons (Fsp3) is 0.500. The third-order valence-electron chi connectivity index (χ3n) is 3.24. The molecule has 0 spiro atoms. The molecule has 1 aromatic rings. The zero-order valence-corrected chi connectivity index (χ0v) is 11.6. The first-order valence-corrected chi connectivity index (χ1v) is 7.17. The van der Waals surface area contributed by atoms with E-state index in [1.54, 1.807) is 32.9 Å². The normalized spacial score (nSPS) is 19.6. The van der Waals surface area contributed by atoms with Crippen LogP contribution < -0.4 is 5.73 Å². The molecule has 1 heterocycles. The number of aryl methyl sites for hydroxylation is 2. The predicted molar refractivity (Wildman–Crippen MR) is 69.7 cm³/mol. The lowest BCUT2D eigenvalue weighted by Crippen LogP contribution is -2.61. The van der Waals surface area contributed by atoms with Crippen molar-refractivity contribution in [2.45, 2.75) is 31.3 Å². The molecule has 1 aromatic carbocycles. The molecular formula is C12H18N2O3S. The van der Waals surface area contributed by atoms with Crippen molar-refractivity contribution in [2.24, 2.45) is 0 Å². The molecule has 0 amide bonds. The summed E-state index contributed by atoms with van der Waals surface area (Å²) >= 11 is 0. The molecule has 0 aliphatic carbocycles. The van der Waals surface area contributed by atoms with E-state index >= 15 is 0 Å². The summed E-state index contributed by atoms with van der Waals surface area (Å²) in [4.78, 5) is 0.165. The van der Waals surface area contributed by atoms with Gasteiger partial charge in [-0.2, -0.15) is 4.31 Å². The predicted octanol–water partition coefficient (Wildman–Crippen LogP) is 0.641. The van der Waals surface area contributed by atoms with Gasteiger partial charge in [0, 0.05) is 13.1 Å². The number of rotatable bonds is 2. The Morgan fingerprint density at radius 3 is 2.28 bits per heavy atom. The Labute approximate surface area is 107 Å². The van der Waals surface area contributed by atoms with Crippen LogP contribution in [-0.4, -0.2) is 36.5 Å². The van der Waals surface area contributed by atoms with Crippen molar-refractivity contribution in [3.8, 4) is 0 Å². The van der Waals surface area contributed by atoms with Gasteiger partial charge in [-0.25, -0.2) is 8.42 Å². The summed E-state index contributed by atoms with van der Waals surface area (Å²) in [6, 6.07) is 3.55. The second-order valence-electron chi connectivity index (χ2n) is 5.21. The maximum absolute atomic E-state index is 12.4. The summed E-state index contributed by atoms with van der Waals surface area (Å²) in [6.07, 6.45) is 0. The Kier molecular flexibility index (Phi) is 2.92. The van der Waals surface area contributed by atoms with E-state index in [2.05, 4.69) is 0 Å². The van der Waals surface area contributed by atoms with Crippen molar-refractivity contribution in [2.75, 3.05) is 18.8 Å². The van der Waals surface area contributed by atoms with Crippen LogP contribution in [0.15, 0.2) is 17.0 Å². The van der Waals surface area contributed by atoms with E-state index in [-0.39, 0.29) is 18.0 Å². The average Bonchev–Trinajstić information content (AvgIpc) is 2.20. The monoisotopic (exact) mass is 270 g/mol. The lowest BCUT2D eigenvalue weighted by molar-refractivity contribution is -0.0426. The molecule has 6 heteroatoms. The number of aliphatic hydroxyl groups is 1. The van der Waals surface area contributed by atoms with Gasteiger partial charge in [0.05, 0.1) is 11.3 Å². The van der Waals surface area contributed by atoms with Crippen LogP contribution in [0.5, 0.6) is 0 Å². The molecule has 1 aliphatic rings. The van der Waals surface area contributed by atoms with Gasteiger partial charge in [-0.1, -0.05) is 12.1 Å². The number of hydrogen-bond acceptors (Lipinski definition) is 4. The van der Waals surface area contributed by atoms with Gasteiger partial charge in [0.2, 0.25) is 10.0 Å². The van der Waals surface area contributed by atoms with E-state index in [0.717, 1.165) is 5.56 Å². The molecule has 5 nitrogen and oxygen atoms in total. The van der Waals surface area contributed by atoms with Crippen LogP contribution in [0.1, 0.15) is 18.1 Å². The van der Waals surface area contributed by atoms with E-state index in [1.165, 1.54) is 4.31 Å². The van der Waals surface area contributed by atoms with E-state index < -0.39 is 15.6 Å². The van der Waals surface area contributed by atoms with Crippen LogP contribution in [0, 0.1) is 13.8 Å². The number of benzene rings is 1. The first-order valence-electron chi connectivity index (χ1n) is 5.73. The van der Waals surface area contributed by atoms with E-state index in [4.69, 9.17) is 5.73 Å². The molecule has 0 radical (unpaired) electrons. The summed E-state index contributed by atoms with van der Waals surface area (Å²) in [5.41, 5.74) is 6.62. The van der Waals surface area contributed by atoms with Crippen molar-refractivity contribution in [3.05, 3.63) is 23.3 Å². The fourth-order valence-electron chi connectivity index (χ4n) is 2.16. The largest absolute Gasteiger partial charge is 0.397 e. The highest BCUT2D eigenvalue weighted by molar-refractivity contribution is 7.89. The highest BCUT2D eigenvalue weighted by atomic mass is 32.2. The van der Waals surface area contributed by atoms with Gasteiger partial charge in [0.25, 0.3) is 0 Å². The summed E-state index contributed by atoms with van der Waals surface area (Å²) in [5.74, 6) is 0. The number of hydrogen-bond donors (Lipinski definition) is 2. The van der Waals surface area contributed by atoms with Crippen molar-refractivity contribution in [1.29, 1.82) is 0 Å². The standard InChI is InChI=1S/C12H18N2O3S/c1-8-4-5-9(2)11(10(8)13)18(16,17)14-6-12(3,15)7-14/h4-5,15H,6-7,13H2,1-3H3. The van der Waals surface area contributed by atoms with Crippen molar-refractivity contribution >= 4 is 15.7 Å². The molecule has 0 saturated carbocycles.